The standard InChI is InChI=1S/C14H16BN/c1-9(15)16-14-12-6-2-4-10(12)8-11-5-3-7-13(11)14/h8,16H,1-7H2. The first-order valence-corrected chi connectivity index (χ1v) is 6.13. The predicted molar refractivity (Wildman–Crippen MR) is 69.0 cm³/mol. The minimum atomic E-state index is 0.564. The quantitative estimate of drug-likeness (QED) is 0.738. The number of nitrogens with one attached hydrogen (secondary N) is 1. The van der Waals surface area contributed by atoms with Crippen molar-refractivity contribution in [3.8, 4) is 0 Å². The van der Waals surface area contributed by atoms with Gasteiger partial charge in [-0.15, -0.1) is 0 Å². The third-order valence-electron chi connectivity index (χ3n) is 3.76. The van der Waals surface area contributed by atoms with Crippen molar-refractivity contribution in [2.75, 3.05) is 5.32 Å². The van der Waals surface area contributed by atoms with E-state index in [0.29, 0.717) is 5.60 Å². The maximum Gasteiger partial charge on any atom is 0.137 e. The fraction of sp³-hybridized carbons (Fsp3) is 0.429. The van der Waals surface area contributed by atoms with Gasteiger partial charge in [-0.3, -0.25) is 0 Å². The molecule has 1 aromatic rings. The molecule has 0 unspecified atom stereocenters. The van der Waals surface area contributed by atoms with Crippen molar-refractivity contribution in [1.29, 1.82) is 0 Å². The molecule has 0 saturated heterocycles. The van der Waals surface area contributed by atoms with Gasteiger partial charge in [0.1, 0.15) is 7.85 Å². The number of hydrogen-bond donors (Lipinski definition) is 1. The summed E-state index contributed by atoms with van der Waals surface area (Å²) in [7, 11) is 5.71. The Balaban J connectivity index is 2.15. The molecule has 0 bridgehead atoms. The lowest BCUT2D eigenvalue weighted by Gasteiger charge is -2.17. The first-order chi connectivity index (χ1) is 7.75. The lowest BCUT2D eigenvalue weighted by molar-refractivity contribution is 0.898. The van der Waals surface area contributed by atoms with Crippen molar-refractivity contribution in [2.24, 2.45) is 0 Å². The third kappa shape index (κ3) is 1.48. The summed E-state index contributed by atoms with van der Waals surface area (Å²) >= 11 is 0. The van der Waals surface area contributed by atoms with E-state index in [0.717, 1.165) is 0 Å². The molecule has 16 heavy (non-hydrogen) atoms. The van der Waals surface area contributed by atoms with Crippen LogP contribution in [0.3, 0.4) is 0 Å². The third-order valence-corrected chi connectivity index (χ3v) is 3.76. The molecule has 0 aliphatic heterocycles. The Kier molecular flexibility index (Phi) is 2.31. The molecule has 2 aliphatic rings. The van der Waals surface area contributed by atoms with Gasteiger partial charge < -0.3 is 5.32 Å². The van der Waals surface area contributed by atoms with Gasteiger partial charge in [-0.2, -0.15) is 0 Å². The summed E-state index contributed by atoms with van der Waals surface area (Å²) in [5.41, 5.74) is 7.90. The molecule has 0 spiro atoms. The Morgan fingerprint density at radius 1 is 1.06 bits per heavy atom. The molecule has 1 N–H and O–H groups in total. The van der Waals surface area contributed by atoms with Gasteiger partial charge in [-0.1, -0.05) is 12.6 Å². The molecule has 2 radical (unpaired) electrons. The lowest BCUT2D eigenvalue weighted by atomic mass is 9.97. The first kappa shape index (κ1) is 10.0. The summed E-state index contributed by atoms with van der Waals surface area (Å²) < 4.78 is 0. The number of hydrogen-bond acceptors (Lipinski definition) is 1. The molecular formula is C14H16BN. The number of anilines is 1. The number of rotatable bonds is 2. The van der Waals surface area contributed by atoms with Crippen molar-refractivity contribution in [3.05, 3.63) is 40.5 Å². The molecule has 2 aliphatic carbocycles. The molecule has 3 rings (SSSR count). The van der Waals surface area contributed by atoms with Crippen molar-refractivity contribution in [2.45, 2.75) is 38.5 Å². The monoisotopic (exact) mass is 209 g/mol. The Labute approximate surface area is 98.4 Å². The molecule has 0 aromatic heterocycles. The fourth-order valence-electron chi connectivity index (χ4n) is 3.13. The maximum absolute atomic E-state index is 5.71. The Bertz CT molecular complexity index is 430. The van der Waals surface area contributed by atoms with Crippen LogP contribution in [-0.2, 0) is 25.7 Å². The molecule has 0 heterocycles. The second-order valence-electron chi connectivity index (χ2n) is 4.88. The molecule has 1 aromatic carbocycles. The van der Waals surface area contributed by atoms with E-state index in [9.17, 15) is 0 Å². The van der Waals surface area contributed by atoms with Gasteiger partial charge in [0.15, 0.2) is 0 Å². The van der Waals surface area contributed by atoms with Crippen LogP contribution < -0.4 is 5.32 Å². The molecule has 0 amide bonds. The van der Waals surface area contributed by atoms with Crippen molar-refractivity contribution >= 4 is 13.5 Å². The van der Waals surface area contributed by atoms with E-state index in [2.05, 4.69) is 18.0 Å². The van der Waals surface area contributed by atoms with Gasteiger partial charge in [0.25, 0.3) is 0 Å². The smallest absolute Gasteiger partial charge is 0.137 e. The number of aryl methyl sites for hydroxylation is 2. The van der Waals surface area contributed by atoms with Gasteiger partial charge in [-0.25, -0.2) is 0 Å². The van der Waals surface area contributed by atoms with Crippen LogP contribution in [0.1, 0.15) is 35.1 Å². The summed E-state index contributed by atoms with van der Waals surface area (Å²) in [4.78, 5) is 0. The minimum Gasteiger partial charge on any atom is -0.369 e. The highest BCUT2D eigenvalue weighted by molar-refractivity contribution is 6.22. The molecule has 0 atom stereocenters. The Morgan fingerprint density at radius 3 is 2.12 bits per heavy atom. The molecule has 1 nitrogen and oxygen atoms in total. The van der Waals surface area contributed by atoms with Crippen LogP contribution in [-0.4, -0.2) is 7.85 Å². The second kappa shape index (κ2) is 3.69. The normalized spacial score (nSPS) is 17.0. The van der Waals surface area contributed by atoms with Gasteiger partial charge in [0, 0.05) is 5.69 Å². The SMILES string of the molecule is [B]C(=C)Nc1c2c(cc3c1CCC3)CCC2. The summed E-state index contributed by atoms with van der Waals surface area (Å²) in [6.45, 7) is 3.77. The highest BCUT2D eigenvalue weighted by atomic mass is 14.9. The van der Waals surface area contributed by atoms with Crippen molar-refractivity contribution < 1.29 is 0 Å². The zero-order valence-electron chi connectivity index (χ0n) is 9.60. The van der Waals surface area contributed by atoms with Crippen LogP contribution in [0.15, 0.2) is 18.2 Å². The number of fused-ring (bicyclic) bond motifs is 2. The van der Waals surface area contributed by atoms with E-state index in [-0.39, 0.29) is 0 Å². The average Bonchev–Trinajstić information content (AvgIpc) is 2.83. The highest BCUT2D eigenvalue weighted by Gasteiger charge is 2.23. The van der Waals surface area contributed by atoms with Gasteiger partial charge >= 0.3 is 0 Å². The van der Waals surface area contributed by atoms with Gasteiger partial charge in [-0.05, 0) is 66.4 Å². The highest BCUT2D eigenvalue weighted by Crippen LogP contribution is 2.38. The predicted octanol–water partition coefficient (Wildman–Crippen LogP) is 2.72. The lowest BCUT2D eigenvalue weighted by Crippen LogP contribution is -2.05. The van der Waals surface area contributed by atoms with E-state index in [1.165, 1.54) is 66.5 Å². The number of benzene rings is 1. The summed E-state index contributed by atoms with van der Waals surface area (Å²) in [6, 6.07) is 2.43. The molecule has 0 fully saturated rings. The van der Waals surface area contributed by atoms with E-state index in [1.807, 2.05) is 0 Å². The van der Waals surface area contributed by atoms with Gasteiger partial charge in [0.2, 0.25) is 0 Å². The van der Waals surface area contributed by atoms with Gasteiger partial charge in [0.05, 0.1) is 0 Å². The summed E-state index contributed by atoms with van der Waals surface area (Å²) in [5.74, 6) is 0. The van der Waals surface area contributed by atoms with Crippen molar-refractivity contribution in [1.82, 2.24) is 0 Å². The van der Waals surface area contributed by atoms with Crippen LogP contribution in [0.25, 0.3) is 0 Å². The minimum absolute atomic E-state index is 0.564. The largest absolute Gasteiger partial charge is 0.369 e. The maximum atomic E-state index is 5.71. The van der Waals surface area contributed by atoms with E-state index < -0.39 is 0 Å². The molecule has 0 saturated carbocycles. The average molecular weight is 209 g/mol. The first-order valence-electron chi connectivity index (χ1n) is 6.13. The fourth-order valence-corrected chi connectivity index (χ4v) is 3.13. The Morgan fingerprint density at radius 2 is 1.62 bits per heavy atom. The molecule has 2 heteroatoms. The molecular weight excluding hydrogens is 193 g/mol. The second-order valence-corrected chi connectivity index (χ2v) is 4.88. The van der Waals surface area contributed by atoms with Crippen LogP contribution >= 0.6 is 0 Å². The van der Waals surface area contributed by atoms with Crippen molar-refractivity contribution in [3.63, 3.8) is 0 Å². The van der Waals surface area contributed by atoms with Crippen LogP contribution in [0, 0.1) is 0 Å². The van der Waals surface area contributed by atoms with E-state index in [4.69, 9.17) is 7.85 Å². The van der Waals surface area contributed by atoms with E-state index >= 15 is 0 Å². The molecule has 80 valence electrons. The Hall–Kier alpha value is -1.18. The van der Waals surface area contributed by atoms with Crippen LogP contribution in [0.5, 0.6) is 0 Å². The van der Waals surface area contributed by atoms with Crippen LogP contribution in [0.4, 0.5) is 5.69 Å². The topological polar surface area (TPSA) is 12.0 Å². The summed E-state index contributed by atoms with van der Waals surface area (Å²) in [6.07, 6.45) is 7.41. The zero-order valence-corrected chi connectivity index (χ0v) is 9.60. The summed E-state index contributed by atoms with van der Waals surface area (Å²) in [5, 5.41) is 3.29. The van der Waals surface area contributed by atoms with Crippen LogP contribution in [0.2, 0.25) is 0 Å². The zero-order chi connectivity index (χ0) is 11.1. The van der Waals surface area contributed by atoms with E-state index in [1.54, 1.807) is 0 Å².